The first-order valence-electron chi connectivity index (χ1n) is 8.23. The van der Waals surface area contributed by atoms with E-state index >= 15 is 0 Å². The molecular formula is C18H27ClFN. The van der Waals surface area contributed by atoms with Crippen LogP contribution >= 0.6 is 11.6 Å². The predicted octanol–water partition coefficient (Wildman–Crippen LogP) is 5.80. The number of benzene rings is 1. The Morgan fingerprint density at radius 1 is 1.29 bits per heavy atom. The molecule has 0 spiro atoms. The largest absolute Gasteiger partial charge is 0.309 e. The van der Waals surface area contributed by atoms with Crippen molar-refractivity contribution in [3.63, 3.8) is 0 Å². The Kier molecular flexibility index (Phi) is 5.67. The highest BCUT2D eigenvalue weighted by Gasteiger charge is 2.41. The third-order valence-corrected chi connectivity index (χ3v) is 5.43. The molecule has 1 unspecified atom stereocenters. The molecule has 1 fully saturated rings. The van der Waals surface area contributed by atoms with Gasteiger partial charge in [0.1, 0.15) is 5.82 Å². The van der Waals surface area contributed by atoms with E-state index in [1.807, 2.05) is 13.0 Å². The molecule has 118 valence electrons. The van der Waals surface area contributed by atoms with Gasteiger partial charge in [0.15, 0.2) is 0 Å². The molecule has 1 atom stereocenters. The summed E-state index contributed by atoms with van der Waals surface area (Å²) < 4.78 is 13.7. The quantitative estimate of drug-likeness (QED) is 0.700. The van der Waals surface area contributed by atoms with Crippen molar-refractivity contribution in [1.29, 1.82) is 0 Å². The lowest BCUT2D eigenvalue weighted by atomic mass is 9.73. The Morgan fingerprint density at radius 3 is 2.52 bits per heavy atom. The third-order valence-electron chi connectivity index (χ3n) is 5.10. The Bertz CT molecular complexity index is 480. The predicted molar refractivity (Wildman–Crippen MR) is 88.4 cm³/mol. The van der Waals surface area contributed by atoms with Gasteiger partial charge in [-0.3, -0.25) is 0 Å². The summed E-state index contributed by atoms with van der Waals surface area (Å²) in [7, 11) is 0. The van der Waals surface area contributed by atoms with Crippen molar-refractivity contribution in [1.82, 2.24) is 5.32 Å². The van der Waals surface area contributed by atoms with Crippen molar-refractivity contribution in [2.75, 3.05) is 6.54 Å². The molecule has 1 aliphatic rings. The molecule has 1 nitrogen and oxygen atoms in total. The van der Waals surface area contributed by atoms with Crippen molar-refractivity contribution in [3.8, 4) is 0 Å². The van der Waals surface area contributed by atoms with Crippen LogP contribution in [0.2, 0.25) is 5.02 Å². The van der Waals surface area contributed by atoms with E-state index in [0.717, 1.165) is 24.9 Å². The molecule has 1 aromatic rings. The van der Waals surface area contributed by atoms with Gasteiger partial charge in [0.05, 0.1) is 0 Å². The minimum atomic E-state index is -0.213. The molecule has 0 aliphatic heterocycles. The van der Waals surface area contributed by atoms with Crippen molar-refractivity contribution >= 4 is 11.6 Å². The third kappa shape index (κ3) is 3.43. The minimum Gasteiger partial charge on any atom is -0.309 e. The van der Waals surface area contributed by atoms with Crippen LogP contribution in [0.1, 0.15) is 69.5 Å². The van der Waals surface area contributed by atoms with Gasteiger partial charge in [-0.1, -0.05) is 44.4 Å². The molecule has 0 heterocycles. The summed E-state index contributed by atoms with van der Waals surface area (Å²) in [5.41, 5.74) is 2.03. The zero-order valence-corrected chi connectivity index (χ0v) is 14.2. The maximum Gasteiger partial charge on any atom is 0.127 e. The van der Waals surface area contributed by atoms with E-state index in [4.69, 9.17) is 11.6 Å². The van der Waals surface area contributed by atoms with Gasteiger partial charge in [-0.05, 0) is 61.8 Å². The summed E-state index contributed by atoms with van der Waals surface area (Å²) in [6, 6.07) is 3.66. The molecule has 1 N–H and O–H groups in total. The molecule has 1 aromatic carbocycles. The molecule has 0 aromatic heterocycles. The fourth-order valence-electron chi connectivity index (χ4n) is 3.77. The molecule has 0 amide bonds. The van der Waals surface area contributed by atoms with Gasteiger partial charge >= 0.3 is 0 Å². The molecule has 2 rings (SSSR count). The first kappa shape index (κ1) is 16.8. The lowest BCUT2D eigenvalue weighted by molar-refractivity contribution is 0.187. The second-order valence-corrected chi connectivity index (χ2v) is 6.84. The van der Waals surface area contributed by atoms with Crippen LogP contribution < -0.4 is 5.32 Å². The minimum absolute atomic E-state index is 0.213. The summed E-state index contributed by atoms with van der Waals surface area (Å²) in [5.74, 6) is -0.213. The molecule has 0 radical (unpaired) electrons. The standard InChI is InChI=1S/C18H27ClFN/c1-4-10-21-17(18(5-2)8-6-7-9-18)14-11-13(3)16(20)12-15(14)19/h11-12,17,21H,4-10H2,1-3H3. The normalized spacial score (nSPS) is 18.9. The summed E-state index contributed by atoms with van der Waals surface area (Å²) in [6.45, 7) is 7.24. The van der Waals surface area contributed by atoms with Gasteiger partial charge in [0, 0.05) is 11.1 Å². The van der Waals surface area contributed by atoms with E-state index in [1.165, 1.54) is 31.7 Å². The van der Waals surface area contributed by atoms with Gasteiger partial charge < -0.3 is 5.32 Å². The Labute approximate surface area is 133 Å². The first-order chi connectivity index (χ1) is 10.0. The molecule has 3 heteroatoms. The molecule has 0 saturated heterocycles. The summed E-state index contributed by atoms with van der Waals surface area (Å²) in [5, 5.41) is 4.26. The van der Waals surface area contributed by atoms with Crippen LogP contribution in [0.25, 0.3) is 0 Å². The van der Waals surface area contributed by atoms with Crippen molar-refractivity contribution in [3.05, 3.63) is 34.1 Å². The Morgan fingerprint density at radius 2 is 1.95 bits per heavy atom. The SMILES string of the molecule is CCCNC(c1cc(C)c(F)cc1Cl)C1(CC)CCCC1. The van der Waals surface area contributed by atoms with Crippen LogP contribution in [-0.2, 0) is 0 Å². The molecule has 0 bridgehead atoms. The van der Waals surface area contributed by atoms with E-state index in [-0.39, 0.29) is 17.3 Å². The number of aryl methyl sites for hydroxylation is 1. The number of nitrogens with one attached hydrogen (secondary N) is 1. The van der Waals surface area contributed by atoms with Gasteiger partial charge in [-0.25, -0.2) is 4.39 Å². The lowest BCUT2D eigenvalue weighted by Gasteiger charge is -2.38. The van der Waals surface area contributed by atoms with Crippen LogP contribution in [0.4, 0.5) is 4.39 Å². The molecule has 21 heavy (non-hydrogen) atoms. The maximum absolute atomic E-state index is 13.7. The average molecular weight is 312 g/mol. The summed E-state index contributed by atoms with van der Waals surface area (Å²) >= 11 is 6.39. The number of hydrogen-bond donors (Lipinski definition) is 1. The summed E-state index contributed by atoms with van der Waals surface area (Å²) in [4.78, 5) is 0. The number of rotatable bonds is 6. The van der Waals surface area contributed by atoms with Crippen LogP contribution in [0.3, 0.4) is 0 Å². The van der Waals surface area contributed by atoms with Crippen LogP contribution in [0.15, 0.2) is 12.1 Å². The van der Waals surface area contributed by atoms with Gasteiger partial charge in [0.25, 0.3) is 0 Å². The van der Waals surface area contributed by atoms with Crippen molar-refractivity contribution < 1.29 is 4.39 Å². The fraction of sp³-hybridized carbons (Fsp3) is 0.667. The van der Waals surface area contributed by atoms with Crippen molar-refractivity contribution in [2.45, 2.75) is 65.3 Å². The van der Waals surface area contributed by atoms with E-state index in [9.17, 15) is 4.39 Å². The monoisotopic (exact) mass is 311 g/mol. The Balaban J connectivity index is 2.42. The van der Waals surface area contributed by atoms with E-state index in [1.54, 1.807) is 0 Å². The smallest absolute Gasteiger partial charge is 0.127 e. The molecule has 1 aliphatic carbocycles. The van der Waals surface area contributed by atoms with Crippen LogP contribution in [-0.4, -0.2) is 6.54 Å². The zero-order chi connectivity index (χ0) is 15.5. The summed E-state index contributed by atoms with van der Waals surface area (Å²) in [6.07, 6.45) is 7.27. The van der Waals surface area contributed by atoms with Crippen LogP contribution in [0.5, 0.6) is 0 Å². The number of halogens is 2. The van der Waals surface area contributed by atoms with Crippen molar-refractivity contribution in [2.24, 2.45) is 5.41 Å². The number of hydrogen-bond acceptors (Lipinski definition) is 1. The first-order valence-corrected chi connectivity index (χ1v) is 8.61. The molecule has 1 saturated carbocycles. The van der Waals surface area contributed by atoms with Crippen LogP contribution in [0, 0.1) is 18.2 Å². The second kappa shape index (κ2) is 7.11. The van der Waals surface area contributed by atoms with E-state index in [2.05, 4.69) is 19.2 Å². The van der Waals surface area contributed by atoms with Gasteiger partial charge in [0.2, 0.25) is 0 Å². The highest BCUT2D eigenvalue weighted by molar-refractivity contribution is 6.31. The van der Waals surface area contributed by atoms with Gasteiger partial charge in [-0.2, -0.15) is 0 Å². The lowest BCUT2D eigenvalue weighted by Crippen LogP contribution is -2.37. The van der Waals surface area contributed by atoms with E-state index < -0.39 is 0 Å². The highest BCUT2D eigenvalue weighted by Crippen LogP contribution is 2.51. The fourth-order valence-corrected chi connectivity index (χ4v) is 4.03. The average Bonchev–Trinajstić information content (AvgIpc) is 2.94. The zero-order valence-electron chi connectivity index (χ0n) is 13.4. The topological polar surface area (TPSA) is 12.0 Å². The highest BCUT2D eigenvalue weighted by atomic mass is 35.5. The Hall–Kier alpha value is -0.600. The maximum atomic E-state index is 13.7. The molecular weight excluding hydrogens is 285 g/mol. The van der Waals surface area contributed by atoms with E-state index in [0.29, 0.717) is 10.6 Å². The van der Waals surface area contributed by atoms with Gasteiger partial charge in [-0.15, -0.1) is 0 Å². The second-order valence-electron chi connectivity index (χ2n) is 6.43.